The molecule has 0 unspecified atom stereocenters. The summed E-state index contributed by atoms with van der Waals surface area (Å²) in [4.78, 5) is 0.105. The highest BCUT2D eigenvalue weighted by Gasteiger charge is 2.28. The van der Waals surface area contributed by atoms with Crippen LogP contribution < -0.4 is 5.73 Å². The van der Waals surface area contributed by atoms with E-state index in [0.717, 1.165) is 12.8 Å². The first-order valence-electron chi connectivity index (χ1n) is 6.66. The maximum Gasteiger partial charge on any atom is 0.248 e. The van der Waals surface area contributed by atoms with Gasteiger partial charge in [0.15, 0.2) is 5.82 Å². The summed E-state index contributed by atoms with van der Waals surface area (Å²) in [5.74, 6) is 0.532. The highest BCUT2D eigenvalue weighted by molar-refractivity contribution is 7.89. The highest BCUT2D eigenvalue weighted by Crippen LogP contribution is 2.27. The van der Waals surface area contributed by atoms with Crippen molar-refractivity contribution in [2.45, 2.75) is 37.0 Å². The molecule has 0 atom stereocenters. The summed E-state index contributed by atoms with van der Waals surface area (Å²) in [7, 11) is -0.239. The van der Waals surface area contributed by atoms with E-state index in [1.54, 1.807) is 14.1 Å². The normalized spacial score (nSPS) is 18.1. The van der Waals surface area contributed by atoms with Gasteiger partial charge in [-0.15, -0.1) is 0 Å². The molecule has 19 heavy (non-hydrogen) atoms. The number of nitrogen functional groups attached to an aromatic ring is 1. The van der Waals surface area contributed by atoms with Crippen LogP contribution in [0.25, 0.3) is 0 Å². The van der Waals surface area contributed by atoms with Crippen molar-refractivity contribution in [2.24, 2.45) is 13.0 Å². The molecule has 2 rings (SSSR count). The third-order valence-corrected chi connectivity index (χ3v) is 5.59. The molecule has 2 N–H and O–H groups in total. The number of nitrogens with zero attached hydrogens (tertiary/aromatic N) is 3. The van der Waals surface area contributed by atoms with Gasteiger partial charge >= 0.3 is 0 Å². The van der Waals surface area contributed by atoms with Gasteiger partial charge in [0.2, 0.25) is 10.0 Å². The van der Waals surface area contributed by atoms with Crippen LogP contribution in [0.2, 0.25) is 0 Å². The molecule has 1 aliphatic rings. The lowest BCUT2D eigenvalue weighted by Gasteiger charge is -2.26. The van der Waals surface area contributed by atoms with Crippen LogP contribution in [0.3, 0.4) is 0 Å². The molecule has 108 valence electrons. The van der Waals surface area contributed by atoms with Gasteiger partial charge in [0.25, 0.3) is 0 Å². The summed E-state index contributed by atoms with van der Waals surface area (Å²) in [6.45, 7) is 0.566. The second kappa shape index (κ2) is 5.50. The quantitative estimate of drug-likeness (QED) is 0.902. The van der Waals surface area contributed by atoms with Gasteiger partial charge in [-0.05, 0) is 18.8 Å². The lowest BCUT2D eigenvalue weighted by Crippen LogP contribution is -2.32. The molecule has 0 radical (unpaired) electrons. The summed E-state index contributed by atoms with van der Waals surface area (Å²) in [6.07, 6.45) is 7.36. The number of aryl methyl sites for hydroxylation is 1. The molecule has 1 saturated carbocycles. The molecule has 0 amide bonds. The van der Waals surface area contributed by atoms with Crippen LogP contribution >= 0.6 is 0 Å². The first-order chi connectivity index (χ1) is 8.91. The van der Waals surface area contributed by atoms with Gasteiger partial charge in [-0.2, -0.15) is 5.10 Å². The lowest BCUT2D eigenvalue weighted by molar-refractivity contribution is 0.300. The van der Waals surface area contributed by atoms with Crippen molar-refractivity contribution < 1.29 is 8.42 Å². The second-order valence-electron chi connectivity index (χ2n) is 5.34. The maximum absolute atomic E-state index is 12.4. The number of hydrogen-bond acceptors (Lipinski definition) is 4. The van der Waals surface area contributed by atoms with Crippen LogP contribution in [0.5, 0.6) is 0 Å². The molecule has 1 fully saturated rings. The minimum atomic E-state index is -3.52. The molecule has 1 aromatic heterocycles. The van der Waals surface area contributed by atoms with Crippen LogP contribution in [0.4, 0.5) is 5.82 Å². The number of hydrogen-bond donors (Lipinski definition) is 1. The Bertz CT molecular complexity index is 532. The maximum atomic E-state index is 12.4. The minimum absolute atomic E-state index is 0.0676. The Morgan fingerprint density at radius 3 is 2.58 bits per heavy atom. The Hall–Kier alpha value is -1.08. The van der Waals surface area contributed by atoms with Crippen molar-refractivity contribution >= 4 is 15.8 Å². The van der Waals surface area contributed by atoms with Gasteiger partial charge < -0.3 is 5.73 Å². The highest BCUT2D eigenvalue weighted by atomic mass is 32.2. The molecule has 6 nitrogen and oxygen atoms in total. The molecular formula is C12H22N4O2S. The number of aromatic nitrogens is 2. The van der Waals surface area contributed by atoms with Crippen molar-refractivity contribution in [1.29, 1.82) is 0 Å². The van der Waals surface area contributed by atoms with Gasteiger partial charge in [-0.3, -0.25) is 4.68 Å². The van der Waals surface area contributed by atoms with E-state index in [1.165, 1.54) is 34.4 Å². The fourth-order valence-electron chi connectivity index (χ4n) is 2.68. The summed E-state index contributed by atoms with van der Waals surface area (Å²) in [6, 6.07) is 0. The molecule has 0 saturated heterocycles. The minimum Gasteiger partial charge on any atom is -0.381 e. The second-order valence-corrected chi connectivity index (χ2v) is 7.36. The molecule has 0 spiro atoms. The van der Waals surface area contributed by atoms with Crippen LogP contribution in [0.1, 0.15) is 32.1 Å². The van der Waals surface area contributed by atoms with Crippen molar-refractivity contribution in [2.75, 3.05) is 19.3 Å². The molecule has 1 aromatic rings. The molecule has 1 heterocycles. The Morgan fingerprint density at radius 1 is 1.42 bits per heavy atom. The van der Waals surface area contributed by atoms with E-state index in [-0.39, 0.29) is 10.7 Å². The summed E-state index contributed by atoms with van der Waals surface area (Å²) in [5, 5.41) is 3.90. The average Bonchev–Trinajstić information content (AvgIpc) is 2.70. The third kappa shape index (κ3) is 3.09. The number of sulfonamides is 1. The van der Waals surface area contributed by atoms with E-state index >= 15 is 0 Å². The van der Waals surface area contributed by atoms with Crippen molar-refractivity contribution in [3.05, 3.63) is 6.20 Å². The fraction of sp³-hybridized carbons (Fsp3) is 0.750. The van der Waals surface area contributed by atoms with Crippen molar-refractivity contribution in [3.63, 3.8) is 0 Å². The predicted molar refractivity (Wildman–Crippen MR) is 74.0 cm³/mol. The lowest BCUT2D eigenvalue weighted by atomic mass is 9.89. The monoisotopic (exact) mass is 286 g/mol. The molecule has 1 aliphatic carbocycles. The predicted octanol–water partition coefficient (Wildman–Crippen LogP) is 1.20. The van der Waals surface area contributed by atoms with E-state index < -0.39 is 10.0 Å². The smallest absolute Gasteiger partial charge is 0.248 e. The van der Waals surface area contributed by atoms with Gasteiger partial charge in [0.1, 0.15) is 4.90 Å². The van der Waals surface area contributed by atoms with E-state index in [0.29, 0.717) is 12.5 Å². The standard InChI is InChI=1S/C12H22N4O2S/c1-15-9-11(12(13)14-15)19(17,18)16(2)8-10-6-4-3-5-7-10/h9-10H,3-8H2,1-2H3,(H2,13,14). The Labute approximate surface area is 114 Å². The van der Waals surface area contributed by atoms with E-state index in [9.17, 15) is 8.42 Å². The van der Waals surface area contributed by atoms with Gasteiger partial charge in [0.05, 0.1) is 0 Å². The van der Waals surface area contributed by atoms with Gasteiger partial charge in [-0.1, -0.05) is 19.3 Å². The fourth-order valence-corrected chi connectivity index (χ4v) is 4.02. The summed E-state index contributed by atoms with van der Waals surface area (Å²) >= 11 is 0. The summed E-state index contributed by atoms with van der Waals surface area (Å²) < 4.78 is 27.7. The van der Waals surface area contributed by atoms with Crippen LogP contribution in [0.15, 0.2) is 11.1 Å². The zero-order valence-corrected chi connectivity index (χ0v) is 12.4. The van der Waals surface area contributed by atoms with Crippen LogP contribution in [-0.2, 0) is 17.1 Å². The summed E-state index contributed by atoms with van der Waals surface area (Å²) in [5.41, 5.74) is 5.66. The molecule has 7 heteroatoms. The average molecular weight is 286 g/mol. The molecule has 0 bridgehead atoms. The third-order valence-electron chi connectivity index (χ3n) is 3.75. The molecule has 0 aliphatic heterocycles. The SMILES string of the molecule is CN(CC1CCCCC1)S(=O)(=O)c1cn(C)nc1N. The van der Waals surface area contributed by atoms with Gasteiger partial charge in [0, 0.05) is 26.8 Å². The van der Waals surface area contributed by atoms with Crippen molar-refractivity contribution in [3.8, 4) is 0 Å². The Kier molecular flexibility index (Phi) is 4.15. The molecular weight excluding hydrogens is 264 g/mol. The number of rotatable bonds is 4. The van der Waals surface area contributed by atoms with E-state index in [2.05, 4.69) is 5.10 Å². The largest absolute Gasteiger partial charge is 0.381 e. The van der Waals surface area contributed by atoms with Gasteiger partial charge in [-0.25, -0.2) is 12.7 Å². The van der Waals surface area contributed by atoms with E-state index in [1.807, 2.05) is 0 Å². The first-order valence-corrected chi connectivity index (χ1v) is 8.10. The zero-order chi connectivity index (χ0) is 14.0. The molecule has 0 aromatic carbocycles. The van der Waals surface area contributed by atoms with Crippen molar-refractivity contribution in [1.82, 2.24) is 14.1 Å². The van der Waals surface area contributed by atoms with Crippen LogP contribution in [-0.4, -0.2) is 36.1 Å². The van der Waals surface area contributed by atoms with E-state index in [4.69, 9.17) is 5.73 Å². The topological polar surface area (TPSA) is 81.2 Å². The van der Waals surface area contributed by atoms with Crippen LogP contribution in [0, 0.1) is 5.92 Å². The Morgan fingerprint density at radius 2 is 2.05 bits per heavy atom. The first kappa shape index (κ1) is 14.3. The Balaban J connectivity index is 2.12. The number of nitrogens with two attached hydrogens (primary N) is 1. The number of anilines is 1. The zero-order valence-electron chi connectivity index (χ0n) is 11.5.